The Balaban J connectivity index is 2.36. The van der Waals surface area contributed by atoms with Crippen LogP contribution in [0.5, 0.6) is 11.5 Å². The Bertz CT molecular complexity index is 600. The first-order valence-electron chi connectivity index (χ1n) is 6.11. The lowest BCUT2D eigenvalue weighted by molar-refractivity contribution is -0.144. The molecule has 0 spiro atoms. The lowest BCUT2D eigenvalue weighted by atomic mass is 10.1. The van der Waals surface area contributed by atoms with Crippen molar-refractivity contribution in [3.63, 3.8) is 0 Å². The Kier molecular flexibility index (Phi) is 3.97. The van der Waals surface area contributed by atoms with Crippen molar-refractivity contribution in [1.82, 2.24) is 10.2 Å². The monoisotopic (exact) mass is 294 g/mol. The third-order valence-corrected chi connectivity index (χ3v) is 3.16. The SMILES string of the molecule is COc1ccc(O)c(C(=O)N2CC(=O)NCC2C(=O)O)c1. The second-order valence-corrected chi connectivity index (χ2v) is 4.47. The number of phenols is 1. The Hall–Kier alpha value is -2.77. The molecule has 112 valence electrons. The topological polar surface area (TPSA) is 116 Å². The molecule has 1 atom stereocenters. The van der Waals surface area contributed by atoms with Gasteiger partial charge in [0.15, 0.2) is 0 Å². The molecule has 8 heteroatoms. The lowest BCUT2D eigenvalue weighted by Crippen LogP contribution is -2.59. The first-order chi connectivity index (χ1) is 9.93. The summed E-state index contributed by atoms with van der Waals surface area (Å²) in [5, 5.41) is 21.3. The number of rotatable bonds is 3. The Labute approximate surface area is 119 Å². The molecule has 1 heterocycles. The van der Waals surface area contributed by atoms with E-state index in [9.17, 15) is 19.5 Å². The van der Waals surface area contributed by atoms with E-state index in [-0.39, 0.29) is 24.4 Å². The molecule has 3 N–H and O–H groups in total. The zero-order valence-electron chi connectivity index (χ0n) is 11.2. The average molecular weight is 294 g/mol. The van der Waals surface area contributed by atoms with Crippen molar-refractivity contribution < 1.29 is 29.3 Å². The van der Waals surface area contributed by atoms with Gasteiger partial charge in [0.2, 0.25) is 5.91 Å². The third kappa shape index (κ3) is 2.88. The molecule has 21 heavy (non-hydrogen) atoms. The van der Waals surface area contributed by atoms with Crippen LogP contribution in [0, 0.1) is 0 Å². The van der Waals surface area contributed by atoms with E-state index in [1.54, 1.807) is 0 Å². The maximum atomic E-state index is 12.4. The summed E-state index contributed by atoms with van der Waals surface area (Å²) in [6.07, 6.45) is 0. The van der Waals surface area contributed by atoms with Gasteiger partial charge in [0.1, 0.15) is 24.1 Å². The van der Waals surface area contributed by atoms with E-state index in [1.807, 2.05) is 0 Å². The van der Waals surface area contributed by atoms with Gasteiger partial charge in [0.05, 0.1) is 12.7 Å². The van der Waals surface area contributed by atoms with Crippen LogP contribution < -0.4 is 10.1 Å². The molecule has 1 aliphatic heterocycles. The van der Waals surface area contributed by atoms with E-state index in [1.165, 1.54) is 25.3 Å². The summed E-state index contributed by atoms with van der Waals surface area (Å²) < 4.78 is 4.97. The summed E-state index contributed by atoms with van der Waals surface area (Å²) in [4.78, 5) is 35.9. The molecular formula is C13H14N2O6. The highest BCUT2D eigenvalue weighted by molar-refractivity contribution is 6.01. The molecule has 0 aliphatic carbocycles. The second-order valence-electron chi connectivity index (χ2n) is 4.47. The number of carbonyl (C=O) groups excluding carboxylic acids is 2. The molecule has 1 aromatic carbocycles. The molecule has 1 aromatic rings. The maximum Gasteiger partial charge on any atom is 0.328 e. The van der Waals surface area contributed by atoms with Crippen LogP contribution in [-0.2, 0) is 9.59 Å². The molecule has 8 nitrogen and oxygen atoms in total. The van der Waals surface area contributed by atoms with Gasteiger partial charge in [-0.1, -0.05) is 0 Å². The maximum absolute atomic E-state index is 12.4. The van der Waals surface area contributed by atoms with Gasteiger partial charge in [-0.3, -0.25) is 9.59 Å². The quantitative estimate of drug-likeness (QED) is 0.687. The number of phenolic OH excluding ortho intramolecular Hbond substituents is 1. The molecule has 0 aromatic heterocycles. The molecule has 0 saturated carbocycles. The fourth-order valence-electron chi connectivity index (χ4n) is 2.04. The van der Waals surface area contributed by atoms with E-state index >= 15 is 0 Å². The van der Waals surface area contributed by atoms with Crippen molar-refractivity contribution in [2.45, 2.75) is 6.04 Å². The van der Waals surface area contributed by atoms with Crippen molar-refractivity contribution in [2.75, 3.05) is 20.2 Å². The first kappa shape index (κ1) is 14.6. The normalized spacial score (nSPS) is 18.0. The summed E-state index contributed by atoms with van der Waals surface area (Å²) in [5.74, 6) is -2.40. The van der Waals surface area contributed by atoms with Crippen LogP contribution in [0.1, 0.15) is 10.4 Å². The number of amides is 2. The van der Waals surface area contributed by atoms with Crippen LogP contribution in [0.3, 0.4) is 0 Å². The van der Waals surface area contributed by atoms with Gasteiger partial charge in [-0.2, -0.15) is 0 Å². The number of piperazine rings is 1. The minimum Gasteiger partial charge on any atom is -0.507 e. The standard InChI is InChI=1S/C13H14N2O6/c1-21-7-2-3-10(16)8(4-7)12(18)15-6-11(17)14-5-9(15)13(19)20/h2-4,9,16H,5-6H2,1H3,(H,14,17)(H,19,20). The van der Waals surface area contributed by atoms with Gasteiger partial charge in [-0.05, 0) is 18.2 Å². The van der Waals surface area contributed by atoms with Gasteiger partial charge in [-0.15, -0.1) is 0 Å². The van der Waals surface area contributed by atoms with Crippen molar-refractivity contribution >= 4 is 17.8 Å². The van der Waals surface area contributed by atoms with Crippen molar-refractivity contribution in [3.8, 4) is 11.5 Å². The minimum atomic E-state index is -1.23. The minimum absolute atomic E-state index is 0.115. The number of ether oxygens (including phenoxy) is 1. The van der Waals surface area contributed by atoms with E-state index < -0.39 is 23.8 Å². The molecule has 1 aliphatic rings. The number of aliphatic carboxylic acids is 1. The molecule has 0 radical (unpaired) electrons. The summed E-state index contributed by atoms with van der Waals surface area (Å²) in [6, 6.07) is 2.85. The molecule has 1 fully saturated rings. The van der Waals surface area contributed by atoms with Crippen LogP contribution in [0.15, 0.2) is 18.2 Å². The number of hydrogen-bond acceptors (Lipinski definition) is 5. The zero-order chi connectivity index (χ0) is 15.6. The fourth-order valence-corrected chi connectivity index (χ4v) is 2.04. The number of nitrogens with zero attached hydrogens (tertiary/aromatic N) is 1. The third-order valence-electron chi connectivity index (χ3n) is 3.16. The van der Waals surface area contributed by atoms with Crippen LogP contribution >= 0.6 is 0 Å². The van der Waals surface area contributed by atoms with Gasteiger partial charge in [-0.25, -0.2) is 4.79 Å². The zero-order valence-corrected chi connectivity index (χ0v) is 11.2. The molecule has 2 amide bonds. The number of methoxy groups -OCH3 is 1. The van der Waals surface area contributed by atoms with Gasteiger partial charge >= 0.3 is 5.97 Å². The van der Waals surface area contributed by atoms with E-state index in [2.05, 4.69) is 5.32 Å². The average Bonchev–Trinajstić information content (AvgIpc) is 2.46. The molecule has 1 saturated heterocycles. The Morgan fingerprint density at radius 1 is 1.43 bits per heavy atom. The van der Waals surface area contributed by atoms with E-state index in [4.69, 9.17) is 9.84 Å². The molecule has 0 bridgehead atoms. The van der Waals surface area contributed by atoms with E-state index in [0.29, 0.717) is 5.75 Å². The van der Waals surface area contributed by atoms with Crippen molar-refractivity contribution in [3.05, 3.63) is 23.8 Å². The summed E-state index contributed by atoms with van der Waals surface area (Å²) in [6.45, 7) is -0.558. The summed E-state index contributed by atoms with van der Waals surface area (Å²) in [7, 11) is 1.40. The van der Waals surface area contributed by atoms with Crippen molar-refractivity contribution in [1.29, 1.82) is 0 Å². The van der Waals surface area contributed by atoms with Crippen LogP contribution in [0.2, 0.25) is 0 Å². The van der Waals surface area contributed by atoms with E-state index in [0.717, 1.165) is 4.90 Å². The highest BCUT2D eigenvalue weighted by Crippen LogP contribution is 2.25. The lowest BCUT2D eigenvalue weighted by Gasteiger charge is -2.32. The number of hydrogen-bond donors (Lipinski definition) is 3. The number of carboxylic acids is 1. The summed E-state index contributed by atoms with van der Waals surface area (Å²) in [5.41, 5.74) is -0.115. The van der Waals surface area contributed by atoms with Gasteiger partial charge < -0.3 is 25.2 Å². The Morgan fingerprint density at radius 3 is 2.76 bits per heavy atom. The number of nitrogens with one attached hydrogen (secondary N) is 1. The Morgan fingerprint density at radius 2 is 2.14 bits per heavy atom. The number of carbonyl (C=O) groups is 3. The fraction of sp³-hybridized carbons (Fsp3) is 0.308. The predicted molar refractivity (Wildman–Crippen MR) is 70.1 cm³/mol. The summed E-state index contributed by atoms with van der Waals surface area (Å²) >= 11 is 0. The second kappa shape index (κ2) is 5.70. The smallest absolute Gasteiger partial charge is 0.328 e. The van der Waals surface area contributed by atoms with Gasteiger partial charge in [0.25, 0.3) is 5.91 Å². The van der Waals surface area contributed by atoms with Crippen LogP contribution in [0.25, 0.3) is 0 Å². The molecular weight excluding hydrogens is 280 g/mol. The van der Waals surface area contributed by atoms with Crippen LogP contribution in [-0.4, -0.2) is 59.1 Å². The molecule has 2 rings (SSSR count). The number of carboxylic acid groups (broad SMARTS) is 1. The number of aromatic hydroxyl groups is 1. The van der Waals surface area contributed by atoms with Gasteiger partial charge in [0, 0.05) is 6.54 Å². The highest BCUT2D eigenvalue weighted by Gasteiger charge is 2.36. The highest BCUT2D eigenvalue weighted by atomic mass is 16.5. The van der Waals surface area contributed by atoms with Crippen molar-refractivity contribution in [2.24, 2.45) is 0 Å². The number of benzene rings is 1. The molecule has 1 unspecified atom stereocenters. The largest absolute Gasteiger partial charge is 0.507 e. The van der Waals surface area contributed by atoms with Crippen LogP contribution in [0.4, 0.5) is 0 Å². The predicted octanol–water partition coefficient (Wildman–Crippen LogP) is -0.574. The first-order valence-corrected chi connectivity index (χ1v) is 6.11.